The van der Waals surface area contributed by atoms with Crippen molar-refractivity contribution in [3.63, 3.8) is 0 Å². The normalized spacial score (nSPS) is 10.5. The van der Waals surface area contributed by atoms with Crippen LogP contribution in [0.3, 0.4) is 0 Å². The molecule has 2 aromatic heterocycles. The first-order valence-corrected chi connectivity index (χ1v) is 7.03. The van der Waals surface area contributed by atoms with E-state index in [1.807, 2.05) is 0 Å². The number of carbonyl (C=O) groups excluding carboxylic acids is 1. The molecule has 7 nitrogen and oxygen atoms in total. The summed E-state index contributed by atoms with van der Waals surface area (Å²) in [5, 5.41) is 6.36. The molecule has 0 saturated carbocycles. The fourth-order valence-electron chi connectivity index (χ4n) is 2.06. The molecule has 0 saturated heterocycles. The van der Waals surface area contributed by atoms with Gasteiger partial charge < -0.3 is 14.6 Å². The van der Waals surface area contributed by atoms with E-state index in [1.165, 1.54) is 24.5 Å². The molecule has 122 valence electrons. The molecular formula is C16H13FN4O3. The smallest absolute Gasteiger partial charge is 0.322 e. The number of carbonyl (C=O) groups is 1. The molecule has 2 heterocycles. The maximum Gasteiger partial charge on any atom is 0.322 e. The maximum atomic E-state index is 13.5. The Kier molecular flexibility index (Phi) is 4.19. The summed E-state index contributed by atoms with van der Waals surface area (Å²) in [5.74, 6) is -0.454. The van der Waals surface area contributed by atoms with Crippen LogP contribution in [0.25, 0.3) is 0 Å². The Balaban J connectivity index is 1.71. The standard InChI is InChI=1S/C16H13FN4O3/c1-9-14(10(2)24-21-9)15(22)20-11-7-18-16(19-8-11)23-13-6-4-3-5-12(13)17/h3-8H,1-2H3,(H,20,22). The molecule has 8 heteroatoms. The number of hydrogen-bond acceptors (Lipinski definition) is 6. The lowest BCUT2D eigenvalue weighted by atomic mass is 10.2. The van der Waals surface area contributed by atoms with Crippen LogP contribution in [0, 0.1) is 19.7 Å². The Bertz CT molecular complexity index is 858. The molecule has 0 fully saturated rings. The van der Waals surface area contributed by atoms with Crippen molar-refractivity contribution in [2.75, 3.05) is 5.32 Å². The Hall–Kier alpha value is -3.29. The number of hydrogen-bond donors (Lipinski definition) is 1. The molecule has 0 aliphatic carbocycles. The minimum atomic E-state index is -0.517. The number of nitrogens with one attached hydrogen (secondary N) is 1. The van der Waals surface area contributed by atoms with Gasteiger partial charge in [0.1, 0.15) is 11.3 Å². The number of benzene rings is 1. The minimum Gasteiger partial charge on any atom is -0.421 e. The number of amides is 1. The van der Waals surface area contributed by atoms with Crippen LogP contribution in [0.4, 0.5) is 10.1 Å². The minimum absolute atomic E-state index is 0.0185. The molecule has 1 N–H and O–H groups in total. The molecular weight excluding hydrogens is 315 g/mol. The molecule has 0 aliphatic heterocycles. The zero-order chi connectivity index (χ0) is 17.1. The van der Waals surface area contributed by atoms with Crippen LogP contribution in [0.5, 0.6) is 11.8 Å². The summed E-state index contributed by atoms with van der Waals surface area (Å²) < 4.78 is 23.7. The summed E-state index contributed by atoms with van der Waals surface area (Å²) in [6.07, 6.45) is 2.72. The number of aryl methyl sites for hydroxylation is 2. The van der Waals surface area contributed by atoms with Crippen molar-refractivity contribution >= 4 is 11.6 Å². The van der Waals surface area contributed by atoms with Crippen molar-refractivity contribution in [3.05, 3.63) is 59.5 Å². The molecule has 0 spiro atoms. The molecule has 0 aliphatic rings. The van der Waals surface area contributed by atoms with Gasteiger partial charge in [-0.1, -0.05) is 17.3 Å². The first kappa shape index (κ1) is 15.6. The van der Waals surface area contributed by atoms with E-state index in [-0.39, 0.29) is 17.7 Å². The van der Waals surface area contributed by atoms with Gasteiger partial charge in [-0.25, -0.2) is 14.4 Å². The van der Waals surface area contributed by atoms with E-state index in [0.29, 0.717) is 22.7 Å². The second-order valence-corrected chi connectivity index (χ2v) is 4.94. The van der Waals surface area contributed by atoms with Crippen LogP contribution in [0.15, 0.2) is 41.2 Å². The van der Waals surface area contributed by atoms with E-state index < -0.39 is 5.82 Å². The second kappa shape index (κ2) is 6.45. The third-order valence-electron chi connectivity index (χ3n) is 3.18. The van der Waals surface area contributed by atoms with Gasteiger partial charge in [0.05, 0.1) is 23.8 Å². The Labute approximate surface area is 136 Å². The lowest BCUT2D eigenvalue weighted by molar-refractivity contribution is 0.102. The van der Waals surface area contributed by atoms with E-state index in [9.17, 15) is 9.18 Å². The number of aromatic nitrogens is 3. The van der Waals surface area contributed by atoms with Crippen LogP contribution >= 0.6 is 0 Å². The van der Waals surface area contributed by atoms with Gasteiger partial charge in [0.25, 0.3) is 5.91 Å². The first-order valence-electron chi connectivity index (χ1n) is 7.03. The molecule has 3 aromatic rings. The highest BCUT2D eigenvalue weighted by atomic mass is 19.1. The van der Waals surface area contributed by atoms with E-state index >= 15 is 0 Å². The number of rotatable bonds is 4. The number of para-hydroxylation sites is 1. The zero-order valence-corrected chi connectivity index (χ0v) is 12.9. The predicted molar refractivity (Wildman–Crippen MR) is 82.4 cm³/mol. The summed E-state index contributed by atoms with van der Waals surface area (Å²) in [7, 11) is 0. The van der Waals surface area contributed by atoms with Gasteiger partial charge in [-0.2, -0.15) is 0 Å². The zero-order valence-electron chi connectivity index (χ0n) is 12.9. The van der Waals surface area contributed by atoms with Gasteiger partial charge in [-0.05, 0) is 26.0 Å². The molecule has 1 aromatic carbocycles. The fourth-order valence-corrected chi connectivity index (χ4v) is 2.06. The molecule has 3 rings (SSSR count). The monoisotopic (exact) mass is 328 g/mol. The average Bonchev–Trinajstić information content (AvgIpc) is 2.90. The van der Waals surface area contributed by atoms with E-state index in [1.54, 1.807) is 26.0 Å². The lowest BCUT2D eigenvalue weighted by Crippen LogP contribution is -2.14. The van der Waals surface area contributed by atoms with Crippen molar-refractivity contribution in [1.29, 1.82) is 0 Å². The van der Waals surface area contributed by atoms with E-state index in [2.05, 4.69) is 20.4 Å². The van der Waals surface area contributed by atoms with Crippen LogP contribution in [0.1, 0.15) is 21.8 Å². The number of ether oxygens (including phenoxy) is 1. The molecule has 24 heavy (non-hydrogen) atoms. The molecule has 0 bridgehead atoms. The summed E-state index contributed by atoms with van der Waals surface area (Å²) in [6, 6.07) is 5.89. The second-order valence-electron chi connectivity index (χ2n) is 4.94. The van der Waals surface area contributed by atoms with Crippen molar-refractivity contribution in [2.24, 2.45) is 0 Å². The first-order chi connectivity index (χ1) is 11.5. The number of anilines is 1. The SMILES string of the molecule is Cc1noc(C)c1C(=O)Nc1cnc(Oc2ccccc2F)nc1. The highest BCUT2D eigenvalue weighted by Gasteiger charge is 2.17. The molecule has 0 radical (unpaired) electrons. The third-order valence-corrected chi connectivity index (χ3v) is 3.18. The highest BCUT2D eigenvalue weighted by Crippen LogP contribution is 2.21. The predicted octanol–water partition coefficient (Wildman–Crippen LogP) is 3.27. The summed E-state index contributed by atoms with van der Waals surface area (Å²) in [5.41, 5.74) is 1.22. The summed E-state index contributed by atoms with van der Waals surface area (Å²) >= 11 is 0. The van der Waals surface area contributed by atoms with Crippen molar-refractivity contribution in [1.82, 2.24) is 15.1 Å². The fraction of sp³-hybridized carbons (Fsp3) is 0.125. The van der Waals surface area contributed by atoms with Crippen molar-refractivity contribution in [3.8, 4) is 11.8 Å². The third kappa shape index (κ3) is 3.22. The van der Waals surface area contributed by atoms with Crippen LogP contribution in [-0.4, -0.2) is 21.0 Å². The van der Waals surface area contributed by atoms with Gasteiger partial charge >= 0.3 is 6.01 Å². The Morgan fingerprint density at radius 2 is 1.92 bits per heavy atom. The lowest BCUT2D eigenvalue weighted by Gasteiger charge is -2.06. The van der Waals surface area contributed by atoms with Crippen LogP contribution in [0.2, 0.25) is 0 Å². The maximum absolute atomic E-state index is 13.5. The van der Waals surface area contributed by atoms with Crippen molar-refractivity contribution < 1.29 is 18.4 Å². The largest absolute Gasteiger partial charge is 0.421 e. The van der Waals surface area contributed by atoms with Gasteiger partial charge in [-0.3, -0.25) is 4.79 Å². The van der Waals surface area contributed by atoms with Gasteiger partial charge in [0, 0.05) is 0 Å². The van der Waals surface area contributed by atoms with Gasteiger partial charge in [0.2, 0.25) is 0 Å². The van der Waals surface area contributed by atoms with Gasteiger partial charge in [-0.15, -0.1) is 0 Å². The number of nitrogens with zero attached hydrogens (tertiary/aromatic N) is 3. The van der Waals surface area contributed by atoms with E-state index in [0.717, 1.165) is 0 Å². The molecule has 1 amide bonds. The van der Waals surface area contributed by atoms with E-state index in [4.69, 9.17) is 9.26 Å². The Morgan fingerprint density at radius 3 is 2.54 bits per heavy atom. The summed E-state index contributed by atoms with van der Waals surface area (Å²) in [6.45, 7) is 3.32. The highest BCUT2D eigenvalue weighted by molar-refractivity contribution is 6.05. The molecule has 0 atom stereocenters. The quantitative estimate of drug-likeness (QED) is 0.790. The van der Waals surface area contributed by atoms with Gasteiger partial charge in [0.15, 0.2) is 11.6 Å². The Morgan fingerprint density at radius 1 is 1.21 bits per heavy atom. The van der Waals surface area contributed by atoms with Crippen LogP contribution < -0.4 is 10.1 Å². The molecule has 0 unspecified atom stereocenters. The number of halogens is 1. The average molecular weight is 328 g/mol. The van der Waals surface area contributed by atoms with Crippen LogP contribution in [-0.2, 0) is 0 Å². The topological polar surface area (TPSA) is 90.1 Å². The summed E-state index contributed by atoms with van der Waals surface area (Å²) in [4.78, 5) is 20.1. The van der Waals surface area contributed by atoms with Crippen molar-refractivity contribution in [2.45, 2.75) is 13.8 Å².